The number of nitrogens with zero attached hydrogens (tertiary/aromatic N) is 2. The van der Waals surface area contributed by atoms with Gasteiger partial charge in [-0.2, -0.15) is 0 Å². The molecule has 1 aromatic rings. The van der Waals surface area contributed by atoms with Crippen LogP contribution < -0.4 is 0 Å². The molecule has 1 aliphatic heterocycles. The molecule has 1 aromatic heterocycles. The number of hydrogen-bond acceptors (Lipinski definition) is 2. The van der Waals surface area contributed by atoms with Gasteiger partial charge in [-0.3, -0.25) is 4.79 Å². The van der Waals surface area contributed by atoms with Gasteiger partial charge in [0.05, 0.1) is 5.88 Å². The Morgan fingerprint density at radius 2 is 2.00 bits per heavy atom. The van der Waals surface area contributed by atoms with Crippen LogP contribution in [0.5, 0.6) is 0 Å². The Bertz CT molecular complexity index is 473. The van der Waals surface area contributed by atoms with Crippen LogP contribution in [0.15, 0.2) is 6.07 Å². The van der Waals surface area contributed by atoms with Gasteiger partial charge in [-0.1, -0.05) is 6.92 Å². The summed E-state index contributed by atoms with van der Waals surface area (Å²) in [6, 6.07) is 2.53. The first-order chi connectivity index (χ1) is 9.58. The van der Waals surface area contributed by atoms with E-state index in [0.29, 0.717) is 6.04 Å². The largest absolute Gasteiger partial charge is 0.345 e. The van der Waals surface area contributed by atoms with Crippen LogP contribution in [0.1, 0.15) is 54.0 Å². The predicted molar refractivity (Wildman–Crippen MR) is 84.0 cm³/mol. The lowest BCUT2D eigenvalue weighted by atomic mass is 10.0. The number of alkyl halides is 1. The first-order valence-corrected chi connectivity index (χ1v) is 8.11. The first-order valence-electron chi connectivity index (χ1n) is 7.58. The molecule has 1 aliphatic rings. The average molecular weight is 297 g/mol. The van der Waals surface area contributed by atoms with Crippen molar-refractivity contribution in [1.82, 2.24) is 9.47 Å². The van der Waals surface area contributed by atoms with E-state index < -0.39 is 0 Å². The minimum atomic E-state index is 0.0365. The van der Waals surface area contributed by atoms with E-state index in [1.54, 1.807) is 0 Å². The first kappa shape index (κ1) is 15.6. The third-order valence-corrected chi connectivity index (χ3v) is 4.61. The summed E-state index contributed by atoms with van der Waals surface area (Å²) in [5, 5.41) is 0. The molecule has 0 aliphatic carbocycles. The second-order valence-electron chi connectivity index (χ2n) is 5.78. The number of halogens is 1. The lowest BCUT2D eigenvalue weighted by molar-refractivity contribution is 0.102. The summed E-state index contributed by atoms with van der Waals surface area (Å²) in [6.45, 7) is 9.90. The highest BCUT2D eigenvalue weighted by Gasteiger charge is 2.24. The van der Waals surface area contributed by atoms with Gasteiger partial charge in [-0.25, -0.2) is 0 Å². The molecule has 0 atom stereocenters. The van der Waals surface area contributed by atoms with E-state index in [-0.39, 0.29) is 11.7 Å². The number of carbonyl (C=O) groups is 1. The molecule has 112 valence electrons. The van der Waals surface area contributed by atoms with Crippen molar-refractivity contribution in [3.63, 3.8) is 0 Å². The maximum atomic E-state index is 11.9. The fraction of sp³-hybridized carbons (Fsp3) is 0.688. The minimum absolute atomic E-state index is 0.0365. The maximum absolute atomic E-state index is 11.9. The van der Waals surface area contributed by atoms with Gasteiger partial charge in [0.1, 0.15) is 0 Å². The van der Waals surface area contributed by atoms with Gasteiger partial charge in [0.15, 0.2) is 5.78 Å². The highest BCUT2D eigenvalue weighted by molar-refractivity contribution is 6.30. The Morgan fingerprint density at radius 3 is 2.55 bits per heavy atom. The molecule has 2 heterocycles. The quantitative estimate of drug-likeness (QED) is 0.613. The normalized spacial score (nSPS) is 17.6. The van der Waals surface area contributed by atoms with Gasteiger partial charge in [-0.05, 0) is 45.7 Å². The molecule has 20 heavy (non-hydrogen) atoms. The van der Waals surface area contributed by atoms with Crippen LogP contribution in [0, 0.1) is 13.8 Å². The predicted octanol–water partition coefficient (Wildman–Crippen LogP) is 3.57. The average Bonchev–Trinajstić information content (AvgIpc) is 2.75. The molecule has 0 radical (unpaired) electrons. The Kier molecular flexibility index (Phi) is 5.28. The van der Waals surface area contributed by atoms with Crippen LogP contribution in [0.25, 0.3) is 0 Å². The molecule has 0 spiro atoms. The number of piperidine rings is 1. The fourth-order valence-electron chi connectivity index (χ4n) is 3.41. The number of hydrogen-bond donors (Lipinski definition) is 0. The lowest BCUT2D eigenvalue weighted by Gasteiger charge is -2.34. The zero-order chi connectivity index (χ0) is 14.7. The van der Waals surface area contributed by atoms with Crippen molar-refractivity contribution in [2.45, 2.75) is 46.1 Å². The fourth-order valence-corrected chi connectivity index (χ4v) is 3.55. The molecule has 1 fully saturated rings. The van der Waals surface area contributed by atoms with Gasteiger partial charge in [0, 0.05) is 36.1 Å². The number of likely N-dealkylation sites (tertiary alicyclic amines) is 1. The summed E-state index contributed by atoms with van der Waals surface area (Å²) >= 11 is 5.69. The molecule has 0 aromatic carbocycles. The van der Waals surface area contributed by atoms with Gasteiger partial charge in [-0.15, -0.1) is 11.6 Å². The monoisotopic (exact) mass is 296 g/mol. The molecular weight excluding hydrogens is 272 g/mol. The zero-order valence-corrected chi connectivity index (χ0v) is 13.5. The summed E-state index contributed by atoms with van der Waals surface area (Å²) in [6.07, 6.45) is 3.57. The summed E-state index contributed by atoms with van der Waals surface area (Å²) in [5.74, 6) is 0.105. The lowest BCUT2D eigenvalue weighted by Crippen LogP contribution is -2.35. The van der Waals surface area contributed by atoms with Crippen molar-refractivity contribution >= 4 is 17.4 Å². The van der Waals surface area contributed by atoms with Gasteiger partial charge >= 0.3 is 0 Å². The van der Waals surface area contributed by atoms with Crippen LogP contribution in [0.2, 0.25) is 0 Å². The van der Waals surface area contributed by atoms with E-state index in [9.17, 15) is 4.79 Å². The topological polar surface area (TPSA) is 25.2 Å². The van der Waals surface area contributed by atoms with Crippen molar-refractivity contribution in [3.8, 4) is 0 Å². The van der Waals surface area contributed by atoms with Crippen molar-refractivity contribution in [2.24, 2.45) is 0 Å². The standard InChI is InChI=1S/C16H25ClN2O/c1-4-7-18-8-5-14(6-9-18)19-12(2)10-15(13(19)3)16(20)11-17/h10,14H,4-9,11H2,1-3H3. The molecule has 0 amide bonds. The summed E-state index contributed by atoms with van der Waals surface area (Å²) in [7, 11) is 0. The SMILES string of the molecule is CCCN1CCC(n2c(C)cc(C(=O)CCl)c2C)CC1. The Balaban J connectivity index is 2.14. The van der Waals surface area contributed by atoms with Crippen LogP contribution in [-0.4, -0.2) is 40.8 Å². The van der Waals surface area contributed by atoms with Gasteiger partial charge in [0.2, 0.25) is 0 Å². The van der Waals surface area contributed by atoms with E-state index in [0.717, 1.165) is 24.3 Å². The van der Waals surface area contributed by atoms with E-state index >= 15 is 0 Å². The summed E-state index contributed by atoms with van der Waals surface area (Å²) in [4.78, 5) is 14.4. The number of carbonyl (C=O) groups excluding carboxylic acids is 1. The second kappa shape index (κ2) is 6.77. The second-order valence-corrected chi connectivity index (χ2v) is 6.05. The highest BCUT2D eigenvalue weighted by Crippen LogP contribution is 2.28. The maximum Gasteiger partial charge on any atom is 0.179 e. The number of aromatic nitrogens is 1. The molecule has 2 rings (SSSR count). The number of rotatable bonds is 5. The molecule has 0 bridgehead atoms. The van der Waals surface area contributed by atoms with Crippen molar-refractivity contribution < 1.29 is 4.79 Å². The third-order valence-electron chi connectivity index (χ3n) is 4.37. The molecule has 4 heteroatoms. The molecule has 3 nitrogen and oxygen atoms in total. The molecular formula is C16H25ClN2O. The van der Waals surface area contributed by atoms with Crippen LogP contribution >= 0.6 is 11.6 Å². The minimum Gasteiger partial charge on any atom is -0.345 e. The molecule has 1 saturated heterocycles. The van der Waals surface area contributed by atoms with Crippen molar-refractivity contribution in [2.75, 3.05) is 25.5 Å². The van der Waals surface area contributed by atoms with Crippen LogP contribution in [-0.2, 0) is 0 Å². The zero-order valence-electron chi connectivity index (χ0n) is 12.8. The Morgan fingerprint density at radius 1 is 1.35 bits per heavy atom. The van der Waals surface area contributed by atoms with Gasteiger partial charge in [0.25, 0.3) is 0 Å². The van der Waals surface area contributed by atoms with Crippen molar-refractivity contribution in [3.05, 3.63) is 23.0 Å². The molecule has 0 saturated carbocycles. The smallest absolute Gasteiger partial charge is 0.179 e. The Labute approximate surface area is 126 Å². The third kappa shape index (κ3) is 3.09. The van der Waals surface area contributed by atoms with Crippen LogP contribution in [0.4, 0.5) is 0 Å². The highest BCUT2D eigenvalue weighted by atomic mass is 35.5. The number of ketones is 1. The van der Waals surface area contributed by atoms with E-state index in [1.807, 2.05) is 13.0 Å². The van der Waals surface area contributed by atoms with E-state index in [4.69, 9.17) is 11.6 Å². The number of aryl methyl sites for hydroxylation is 1. The van der Waals surface area contributed by atoms with E-state index in [1.165, 1.54) is 31.5 Å². The van der Waals surface area contributed by atoms with Crippen molar-refractivity contribution in [1.29, 1.82) is 0 Å². The molecule has 0 unspecified atom stereocenters. The Hall–Kier alpha value is -0.800. The van der Waals surface area contributed by atoms with Gasteiger partial charge < -0.3 is 9.47 Å². The summed E-state index contributed by atoms with van der Waals surface area (Å²) < 4.78 is 2.35. The van der Waals surface area contributed by atoms with Crippen LogP contribution in [0.3, 0.4) is 0 Å². The molecule has 0 N–H and O–H groups in total. The van der Waals surface area contributed by atoms with E-state index in [2.05, 4.69) is 23.3 Å². The number of Topliss-reactive ketones (excluding diaryl/α,β-unsaturated/α-hetero) is 1. The summed E-state index contributed by atoms with van der Waals surface area (Å²) in [5.41, 5.74) is 3.07.